The molecule has 2 rings (SSSR count). The lowest BCUT2D eigenvalue weighted by Gasteiger charge is -2.02. The minimum atomic E-state index is -0.310. The maximum atomic E-state index is 13.3. The van der Waals surface area contributed by atoms with E-state index in [4.69, 9.17) is 5.73 Å². The highest BCUT2D eigenvalue weighted by molar-refractivity contribution is 5.82. The lowest BCUT2D eigenvalue weighted by Crippen LogP contribution is -1.98. The molecule has 2 N–H and O–H groups in total. The van der Waals surface area contributed by atoms with Gasteiger partial charge in [0.1, 0.15) is 5.82 Å². The predicted octanol–water partition coefficient (Wildman–Crippen LogP) is 1.66. The van der Waals surface area contributed by atoms with E-state index in [2.05, 4.69) is 9.97 Å². The Bertz CT molecular complexity index is 468. The van der Waals surface area contributed by atoms with Crippen LogP contribution in [0.4, 0.5) is 10.3 Å². The van der Waals surface area contributed by atoms with Crippen molar-refractivity contribution >= 4 is 16.9 Å². The van der Waals surface area contributed by atoms with Crippen molar-refractivity contribution in [2.45, 2.75) is 6.92 Å². The summed E-state index contributed by atoms with van der Waals surface area (Å²) in [6, 6.07) is 4.70. The Labute approximate surface area is 74.4 Å². The minimum Gasteiger partial charge on any atom is -0.368 e. The van der Waals surface area contributed by atoms with Crippen LogP contribution in [-0.4, -0.2) is 9.97 Å². The van der Waals surface area contributed by atoms with Crippen molar-refractivity contribution in [3.05, 3.63) is 29.7 Å². The van der Waals surface area contributed by atoms with Crippen LogP contribution in [-0.2, 0) is 0 Å². The molecule has 0 fully saturated rings. The van der Waals surface area contributed by atoms with E-state index in [1.165, 1.54) is 6.07 Å². The van der Waals surface area contributed by atoms with Gasteiger partial charge in [0.05, 0.1) is 16.6 Å². The van der Waals surface area contributed by atoms with Gasteiger partial charge in [0.15, 0.2) is 0 Å². The number of nitrogens with two attached hydrogens (primary N) is 1. The summed E-state index contributed by atoms with van der Waals surface area (Å²) >= 11 is 0. The molecular formula is C9H8FN3. The van der Waals surface area contributed by atoms with Gasteiger partial charge in [-0.25, -0.2) is 14.4 Å². The van der Waals surface area contributed by atoms with Gasteiger partial charge in [-0.2, -0.15) is 0 Å². The number of nitrogen functional groups attached to an aromatic ring is 1. The van der Waals surface area contributed by atoms with Crippen molar-refractivity contribution in [3.8, 4) is 0 Å². The highest BCUT2D eigenvalue weighted by Gasteiger charge is 2.06. The Balaban J connectivity index is 2.94. The Hall–Kier alpha value is -1.71. The molecule has 0 atom stereocenters. The molecule has 0 unspecified atom stereocenters. The molecule has 4 heteroatoms. The maximum absolute atomic E-state index is 13.3. The van der Waals surface area contributed by atoms with Gasteiger partial charge in [0.25, 0.3) is 0 Å². The predicted molar refractivity (Wildman–Crippen MR) is 48.6 cm³/mol. The third-order valence-electron chi connectivity index (χ3n) is 1.87. The number of nitrogens with zero attached hydrogens (tertiary/aromatic N) is 2. The molecule has 0 aliphatic heterocycles. The van der Waals surface area contributed by atoms with Gasteiger partial charge in [-0.15, -0.1) is 0 Å². The van der Waals surface area contributed by atoms with E-state index in [9.17, 15) is 4.39 Å². The molecule has 2 aromatic rings. The van der Waals surface area contributed by atoms with Crippen molar-refractivity contribution in [1.29, 1.82) is 0 Å². The molecule has 3 nitrogen and oxygen atoms in total. The van der Waals surface area contributed by atoms with E-state index in [0.29, 0.717) is 16.6 Å². The Morgan fingerprint density at radius 2 is 2.08 bits per heavy atom. The minimum absolute atomic E-state index is 0.176. The van der Waals surface area contributed by atoms with Gasteiger partial charge in [0, 0.05) is 0 Å². The Kier molecular flexibility index (Phi) is 1.62. The number of hydrogen-bond donors (Lipinski definition) is 1. The van der Waals surface area contributed by atoms with Crippen molar-refractivity contribution in [2.75, 3.05) is 5.73 Å². The Morgan fingerprint density at radius 1 is 1.31 bits per heavy atom. The summed E-state index contributed by atoms with van der Waals surface area (Å²) in [5.74, 6) is -0.134. The maximum Gasteiger partial charge on any atom is 0.220 e. The zero-order valence-electron chi connectivity index (χ0n) is 7.08. The van der Waals surface area contributed by atoms with Crippen LogP contribution in [0.2, 0.25) is 0 Å². The van der Waals surface area contributed by atoms with Crippen LogP contribution in [0.3, 0.4) is 0 Å². The number of fused-ring (bicyclic) bond motifs is 1. The van der Waals surface area contributed by atoms with Gasteiger partial charge >= 0.3 is 0 Å². The van der Waals surface area contributed by atoms with E-state index < -0.39 is 0 Å². The van der Waals surface area contributed by atoms with E-state index in [0.717, 1.165) is 0 Å². The monoisotopic (exact) mass is 177 g/mol. The van der Waals surface area contributed by atoms with Gasteiger partial charge in [-0.3, -0.25) is 0 Å². The highest BCUT2D eigenvalue weighted by Crippen LogP contribution is 2.18. The summed E-state index contributed by atoms with van der Waals surface area (Å²) in [6.45, 7) is 1.71. The van der Waals surface area contributed by atoms with Crippen LogP contribution in [0.1, 0.15) is 5.69 Å². The fraction of sp³-hybridized carbons (Fsp3) is 0.111. The van der Waals surface area contributed by atoms with E-state index in [1.54, 1.807) is 19.1 Å². The quantitative estimate of drug-likeness (QED) is 0.665. The fourth-order valence-electron chi connectivity index (χ4n) is 1.34. The standard InChI is InChI=1S/C9H8FN3/c1-5-8-6(10)3-2-4-7(8)13-9(11)12-5/h2-4H,1H3,(H2,11,12,13). The normalized spacial score (nSPS) is 10.6. The smallest absolute Gasteiger partial charge is 0.220 e. The molecule has 13 heavy (non-hydrogen) atoms. The SMILES string of the molecule is Cc1nc(N)nc2cccc(F)c12. The number of aromatic nitrogens is 2. The first-order chi connectivity index (χ1) is 6.18. The molecule has 0 spiro atoms. The fourth-order valence-corrected chi connectivity index (χ4v) is 1.34. The summed E-state index contributed by atoms with van der Waals surface area (Å²) in [5.41, 5.74) is 6.55. The molecule has 0 radical (unpaired) electrons. The molecule has 0 amide bonds. The van der Waals surface area contributed by atoms with Crippen molar-refractivity contribution in [1.82, 2.24) is 9.97 Å². The summed E-state index contributed by atoms with van der Waals surface area (Å²) in [4.78, 5) is 7.81. The number of hydrogen-bond acceptors (Lipinski definition) is 3. The number of aryl methyl sites for hydroxylation is 1. The average molecular weight is 177 g/mol. The molecule has 1 heterocycles. The molecule has 1 aromatic heterocycles. The van der Waals surface area contributed by atoms with E-state index >= 15 is 0 Å². The van der Waals surface area contributed by atoms with Crippen LogP contribution in [0.15, 0.2) is 18.2 Å². The molecule has 0 saturated heterocycles. The second-order valence-corrected chi connectivity index (χ2v) is 2.80. The summed E-state index contributed by atoms with van der Waals surface area (Å²) in [5, 5.41) is 0.441. The van der Waals surface area contributed by atoms with Crippen molar-refractivity contribution in [2.24, 2.45) is 0 Å². The molecular weight excluding hydrogens is 169 g/mol. The van der Waals surface area contributed by atoms with Gasteiger partial charge in [0.2, 0.25) is 5.95 Å². The number of halogens is 1. The second kappa shape index (κ2) is 2.65. The topological polar surface area (TPSA) is 51.8 Å². The first-order valence-electron chi connectivity index (χ1n) is 3.87. The van der Waals surface area contributed by atoms with Crippen molar-refractivity contribution < 1.29 is 4.39 Å². The van der Waals surface area contributed by atoms with Crippen LogP contribution < -0.4 is 5.73 Å². The summed E-state index contributed by atoms with van der Waals surface area (Å²) < 4.78 is 13.3. The molecule has 1 aromatic carbocycles. The lowest BCUT2D eigenvalue weighted by molar-refractivity contribution is 0.638. The number of benzene rings is 1. The molecule has 66 valence electrons. The van der Waals surface area contributed by atoms with Crippen LogP contribution in [0.25, 0.3) is 10.9 Å². The molecule has 0 aliphatic rings. The summed E-state index contributed by atoms with van der Waals surface area (Å²) in [6.07, 6.45) is 0. The molecule has 0 saturated carbocycles. The van der Waals surface area contributed by atoms with Gasteiger partial charge < -0.3 is 5.73 Å². The highest BCUT2D eigenvalue weighted by atomic mass is 19.1. The third kappa shape index (κ3) is 1.20. The molecule has 0 bridgehead atoms. The first-order valence-corrected chi connectivity index (χ1v) is 3.87. The first kappa shape index (κ1) is 7.91. The lowest BCUT2D eigenvalue weighted by atomic mass is 10.2. The largest absolute Gasteiger partial charge is 0.368 e. The second-order valence-electron chi connectivity index (χ2n) is 2.80. The van der Waals surface area contributed by atoms with Gasteiger partial charge in [-0.1, -0.05) is 6.07 Å². The zero-order valence-corrected chi connectivity index (χ0v) is 7.08. The Morgan fingerprint density at radius 3 is 2.85 bits per heavy atom. The average Bonchev–Trinajstić information content (AvgIpc) is 2.02. The third-order valence-corrected chi connectivity index (χ3v) is 1.87. The van der Waals surface area contributed by atoms with E-state index in [-0.39, 0.29) is 11.8 Å². The van der Waals surface area contributed by atoms with E-state index in [1.807, 2.05) is 0 Å². The number of anilines is 1. The van der Waals surface area contributed by atoms with Gasteiger partial charge in [-0.05, 0) is 19.1 Å². The summed E-state index contributed by atoms with van der Waals surface area (Å²) in [7, 11) is 0. The van der Waals surface area contributed by atoms with Crippen LogP contribution in [0.5, 0.6) is 0 Å². The molecule has 0 aliphatic carbocycles. The van der Waals surface area contributed by atoms with Crippen molar-refractivity contribution in [3.63, 3.8) is 0 Å². The van der Waals surface area contributed by atoms with Crippen LogP contribution in [0, 0.1) is 12.7 Å². The van der Waals surface area contributed by atoms with Crippen LogP contribution >= 0.6 is 0 Å². The zero-order chi connectivity index (χ0) is 9.42. The number of rotatable bonds is 0.